The van der Waals surface area contributed by atoms with Crippen molar-refractivity contribution in [1.82, 2.24) is 0 Å². The van der Waals surface area contributed by atoms with Gasteiger partial charge in [-0.3, -0.25) is 4.79 Å². The monoisotopic (exact) mass is 342 g/mol. The van der Waals surface area contributed by atoms with Gasteiger partial charge in [0.15, 0.2) is 0 Å². The fourth-order valence-corrected chi connectivity index (χ4v) is 3.25. The van der Waals surface area contributed by atoms with Crippen LogP contribution in [0.25, 0.3) is 0 Å². The molecule has 0 N–H and O–H groups in total. The first-order valence-electron chi connectivity index (χ1n) is 10.1. The first-order chi connectivity index (χ1) is 11.0. The van der Waals surface area contributed by atoms with Gasteiger partial charge in [0.05, 0.1) is 14.3 Å². The zero-order valence-corrected chi connectivity index (χ0v) is 17.4. The molecule has 0 aliphatic heterocycles. The molecule has 0 unspecified atom stereocenters. The summed E-state index contributed by atoms with van der Waals surface area (Å²) in [6.07, 6.45) is 18.7. The quantitative estimate of drug-likeness (QED) is 0.173. The summed E-state index contributed by atoms with van der Waals surface area (Å²) in [7, 11) is -1.25. The number of esters is 1. The first-order valence-corrected chi connectivity index (χ1v) is 13.8. The lowest BCUT2D eigenvalue weighted by Crippen LogP contribution is -2.29. The Labute approximate surface area is 146 Å². The van der Waals surface area contributed by atoms with Gasteiger partial charge in [0.25, 0.3) is 0 Å². The average molecular weight is 343 g/mol. The molecular weight excluding hydrogens is 300 g/mol. The zero-order chi connectivity index (χ0) is 17.4. The van der Waals surface area contributed by atoms with Gasteiger partial charge in [-0.15, -0.1) is 0 Å². The van der Waals surface area contributed by atoms with E-state index >= 15 is 0 Å². The second-order valence-corrected chi connectivity index (χ2v) is 13.6. The Hall–Kier alpha value is -0.313. The van der Waals surface area contributed by atoms with Crippen LogP contribution in [0.2, 0.25) is 19.6 Å². The van der Waals surface area contributed by atoms with E-state index in [-0.39, 0.29) is 5.97 Å². The molecule has 0 atom stereocenters. The fraction of sp³-hybridized carbons (Fsp3) is 0.950. The number of unbranched alkanes of at least 4 members (excludes halogenated alkanes) is 12. The van der Waals surface area contributed by atoms with Crippen LogP contribution in [0.1, 0.15) is 96.8 Å². The zero-order valence-electron chi connectivity index (χ0n) is 16.4. The normalized spacial score (nSPS) is 11.7. The third-order valence-corrected chi connectivity index (χ3v) is 5.16. The summed E-state index contributed by atoms with van der Waals surface area (Å²) in [5.74, 6) is 0.00972. The summed E-state index contributed by atoms with van der Waals surface area (Å²) in [6, 6.07) is 0. The van der Waals surface area contributed by atoms with Crippen molar-refractivity contribution in [1.29, 1.82) is 0 Å². The maximum atomic E-state index is 11.6. The minimum absolute atomic E-state index is 0.00972. The number of carbonyl (C=O) groups excluding carboxylic acids is 1. The number of ether oxygens (including phenoxy) is 1. The molecule has 0 aromatic carbocycles. The van der Waals surface area contributed by atoms with Crippen LogP contribution in [0.5, 0.6) is 0 Å². The predicted octanol–water partition coefficient (Wildman–Crippen LogP) is 6.89. The Balaban J connectivity index is 3.17. The van der Waals surface area contributed by atoms with Gasteiger partial charge < -0.3 is 4.74 Å². The molecule has 0 fully saturated rings. The van der Waals surface area contributed by atoms with E-state index in [9.17, 15) is 4.79 Å². The van der Waals surface area contributed by atoms with E-state index in [0.717, 1.165) is 6.42 Å². The minimum atomic E-state index is -1.25. The lowest BCUT2D eigenvalue weighted by Gasteiger charge is -2.15. The van der Waals surface area contributed by atoms with E-state index in [1.54, 1.807) is 0 Å². The Morgan fingerprint density at radius 2 is 1.09 bits per heavy atom. The van der Waals surface area contributed by atoms with Crippen molar-refractivity contribution in [3.63, 3.8) is 0 Å². The molecule has 0 aliphatic rings. The van der Waals surface area contributed by atoms with Crippen LogP contribution < -0.4 is 0 Å². The maximum Gasteiger partial charge on any atom is 0.305 e. The van der Waals surface area contributed by atoms with E-state index < -0.39 is 8.07 Å². The molecule has 3 heteroatoms. The molecule has 0 aliphatic carbocycles. The van der Waals surface area contributed by atoms with Crippen molar-refractivity contribution in [3.8, 4) is 0 Å². The highest BCUT2D eigenvalue weighted by Crippen LogP contribution is 2.13. The van der Waals surface area contributed by atoms with Crippen LogP contribution in [-0.2, 0) is 9.53 Å². The molecule has 2 nitrogen and oxygen atoms in total. The molecule has 0 radical (unpaired) electrons. The summed E-state index contributed by atoms with van der Waals surface area (Å²) < 4.78 is 5.34. The molecule has 0 amide bonds. The number of hydrogen-bond acceptors (Lipinski definition) is 2. The standard InChI is InChI=1S/C20H42O2Si/c1-5-6-7-8-9-10-11-12-13-14-15-16-17-18-20(21)22-19-23(2,3)4/h5-19H2,1-4H3. The summed E-state index contributed by atoms with van der Waals surface area (Å²) in [4.78, 5) is 11.6. The highest BCUT2D eigenvalue weighted by molar-refractivity contribution is 6.76. The van der Waals surface area contributed by atoms with Crippen molar-refractivity contribution in [3.05, 3.63) is 0 Å². The number of carbonyl (C=O) groups is 1. The first kappa shape index (κ1) is 22.7. The number of rotatable bonds is 16. The van der Waals surface area contributed by atoms with Crippen molar-refractivity contribution >= 4 is 14.0 Å². The summed E-state index contributed by atoms with van der Waals surface area (Å²) in [5, 5.41) is 0. The lowest BCUT2D eigenvalue weighted by molar-refractivity contribution is -0.142. The van der Waals surface area contributed by atoms with E-state index in [0.29, 0.717) is 12.7 Å². The smallest absolute Gasteiger partial charge is 0.305 e. The van der Waals surface area contributed by atoms with E-state index in [4.69, 9.17) is 4.74 Å². The molecule has 138 valence electrons. The van der Waals surface area contributed by atoms with Crippen molar-refractivity contribution in [2.45, 2.75) is 116 Å². The molecule has 0 saturated heterocycles. The fourth-order valence-electron chi connectivity index (χ4n) is 2.66. The Kier molecular flexibility index (Phi) is 15.0. The van der Waals surface area contributed by atoms with Crippen molar-refractivity contribution in [2.75, 3.05) is 6.23 Å². The van der Waals surface area contributed by atoms with Crippen LogP contribution in [0.4, 0.5) is 0 Å². The van der Waals surface area contributed by atoms with Gasteiger partial charge in [0.2, 0.25) is 0 Å². The third kappa shape index (κ3) is 19.6. The highest BCUT2D eigenvalue weighted by atomic mass is 28.3. The lowest BCUT2D eigenvalue weighted by atomic mass is 10.0. The molecule has 0 spiro atoms. The van der Waals surface area contributed by atoms with Crippen LogP contribution >= 0.6 is 0 Å². The van der Waals surface area contributed by atoms with Gasteiger partial charge in [-0.2, -0.15) is 0 Å². The number of hydrogen-bond donors (Lipinski definition) is 0. The highest BCUT2D eigenvalue weighted by Gasteiger charge is 2.15. The second-order valence-electron chi connectivity index (χ2n) is 8.21. The van der Waals surface area contributed by atoms with E-state index in [1.165, 1.54) is 77.0 Å². The van der Waals surface area contributed by atoms with E-state index in [2.05, 4.69) is 26.6 Å². The van der Waals surface area contributed by atoms with Gasteiger partial charge in [-0.25, -0.2) is 0 Å². The Morgan fingerprint density at radius 1 is 0.696 bits per heavy atom. The van der Waals surface area contributed by atoms with Gasteiger partial charge in [-0.05, 0) is 6.42 Å². The predicted molar refractivity (Wildman–Crippen MR) is 105 cm³/mol. The second kappa shape index (κ2) is 15.2. The molecule has 23 heavy (non-hydrogen) atoms. The van der Waals surface area contributed by atoms with E-state index in [1.807, 2.05) is 0 Å². The molecule has 0 heterocycles. The summed E-state index contributed by atoms with van der Waals surface area (Å²) in [5.41, 5.74) is 0. The molecule has 0 saturated carbocycles. The van der Waals surface area contributed by atoms with Gasteiger partial charge in [-0.1, -0.05) is 104 Å². The molecule has 0 aromatic heterocycles. The van der Waals surface area contributed by atoms with Crippen LogP contribution in [0, 0.1) is 0 Å². The van der Waals surface area contributed by atoms with Gasteiger partial charge >= 0.3 is 5.97 Å². The largest absolute Gasteiger partial charge is 0.469 e. The third-order valence-electron chi connectivity index (χ3n) is 4.15. The van der Waals surface area contributed by atoms with Gasteiger partial charge in [0.1, 0.15) is 0 Å². The van der Waals surface area contributed by atoms with Crippen LogP contribution in [0.15, 0.2) is 0 Å². The van der Waals surface area contributed by atoms with Crippen molar-refractivity contribution in [2.24, 2.45) is 0 Å². The molecule has 0 bridgehead atoms. The maximum absolute atomic E-state index is 11.6. The summed E-state index contributed by atoms with van der Waals surface area (Å²) >= 11 is 0. The Bertz CT molecular complexity index is 271. The van der Waals surface area contributed by atoms with Crippen LogP contribution in [-0.4, -0.2) is 20.3 Å². The average Bonchev–Trinajstić information content (AvgIpc) is 2.49. The summed E-state index contributed by atoms with van der Waals surface area (Å²) in [6.45, 7) is 8.96. The van der Waals surface area contributed by atoms with Crippen LogP contribution in [0.3, 0.4) is 0 Å². The van der Waals surface area contributed by atoms with Crippen molar-refractivity contribution < 1.29 is 9.53 Å². The Morgan fingerprint density at radius 3 is 1.48 bits per heavy atom. The SMILES string of the molecule is CCCCCCCCCCCCCCCC(=O)OC[Si](C)(C)C. The molecule has 0 aromatic rings. The minimum Gasteiger partial charge on any atom is -0.469 e. The molecule has 0 rings (SSSR count). The molecular formula is C20H42O2Si. The topological polar surface area (TPSA) is 26.3 Å². The van der Waals surface area contributed by atoms with Gasteiger partial charge in [0, 0.05) is 6.42 Å².